The van der Waals surface area contributed by atoms with Gasteiger partial charge in [-0.05, 0) is 57.6 Å². The fourth-order valence-corrected chi connectivity index (χ4v) is 5.14. The highest BCUT2D eigenvalue weighted by Gasteiger charge is 2.39. The van der Waals surface area contributed by atoms with Crippen LogP contribution in [0.3, 0.4) is 0 Å². The molecule has 0 bridgehead atoms. The lowest BCUT2D eigenvalue weighted by atomic mass is 9.92. The minimum atomic E-state index is 0.0265. The highest BCUT2D eigenvalue weighted by molar-refractivity contribution is 5.93. The average molecular weight is 401 g/mol. The molecule has 2 aliphatic rings. The Morgan fingerprint density at radius 2 is 1.72 bits per heavy atom. The van der Waals surface area contributed by atoms with Crippen molar-refractivity contribution in [2.45, 2.75) is 71.8 Å². The van der Waals surface area contributed by atoms with Crippen molar-refractivity contribution >= 4 is 17.5 Å². The Balaban J connectivity index is 1.61. The van der Waals surface area contributed by atoms with E-state index in [1.165, 1.54) is 19.3 Å². The first kappa shape index (κ1) is 21.8. The van der Waals surface area contributed by atoms with Gasteiger partial charge in [0.25, 0.3) is 5.91 Å². The smallest absolute Gasteiger partial charge is 0.279 e. The molecule has 1 saturated heterocycles. The molecule has 2 amide bonds. The molecular formula is C24H38N3O2+. The molecule has 2 unspecified atom stereocenters. The summed E-state index contributed by atoms with van der Waals surface area (Å²) < 4.78 is 0.708. The molecule has 0 aromatic heterocycles. The number of likely N-dealkylation sites (tertiary alicyclic amines) is 1. The van der Waals surface area contributed by atoms with Gasteiger partial charge in [-0.3, -0.25) is 9.59 Å². The Labute approximate surface area is 175 Å². The second-order valence-electron chi connectivity index (χ2n) is 9.22. The van der Waals surface area contributed by atoms with Crippen LogP contribution in [0.1, 0.15) is 63.0 Å². The summed E-state index contributed by atoms with van der Waals surface area (Å²) in [7, 11) is 0. The molecule has 1 aromatic rings. The third kappa shape index (κ3) is 5.59. The van der Waals surface area contributed by atoms with Crippen LogP contribution in [0.25, 0.3) is 0 Å². The van der Waals surface area contributed by atoms with Crippen LogP contribution in [0, 0.1) is 19.8 Å². The van der Waals surface area contributed by atoms with E-state index in [4.69, 9.17) is 0 Å². The second-order valence-corrected chi connectivity index (χ2v) is 9.22. The van der Waals surface area contributed by atoms with Crippen molar-refractivity contribution in [3.63, 3.8) is 0 Å². The lowest BCUT2D eigenvalue weighted by molar-refractivity contribution is -0.925. The van der Waals surface area contributed by atoms with Gasteiger partial charge in [0, 0.05) is 11.7 Å². The van der Waals surface area contributed by atoms with Crippen LogP contribution in [-0.4, -0.2) is 48.5 Å². The summed E-state index contributed by atoms with van der Waals surface area (Å²) in [5, 5.41) is 6.45. The van der Waals surface area contributed by atoms with Gasteiger partial charge in [0.05, 0.1) is 25.6 Å². The number of benzene rings is 1. The average Bonchev–Trinajstić information content (AvgIpc) is 2.72. The minimum Gasteiger partial charge on any atom is -0.353 e. The summed E-state index contributed by atoms with van der Waals surface area (Å²) in [6, 6.07) is 6.42. The molecule has 5 nitrogen and oxygen atoms in total. The predicted octanol–water partition coefficient (Wildman–Crippen LogP) is 3.94. The molecule has 1 aromatic carbocycles. The van der Waals surface area contributed by atoms with Gasteiger partial charge in [0.15, 0.2) is 6.54 Å². The van der Waals surface area contributed by atoms with Crippen LogP contribution >= 0.6 is 0 Å². The van der Waals surface area contributed by atoms with Crippen LogP contribution in [0.15, 0.2) is 18.2 Å². The molecule has 0 radical (unpaired) electrons. The molecule has 2 atom stereocenters. The summed E-state index contributed by atoms with van der Waals surface area (Å²) in [5.41, 5.74) is 3.10. The molecule has 3 rings (SSSR count). The van der Waals surface area contributed by atoms with E-state index in [9.17, 15) is 9.59 Å². The van der Waals surface area contributed by atoms with Crippen molar-refractivity contribution in [1.82, 2.24) is 5.32 Å². The van der Waals surface area contributed by atoms with Crippen molar-refractivity contribution in [3.8, 4) is 0 Å². The zero-order valence-electron chi connectivity index (χ0n) is 18.4. The van der Waals surface area contributed by atoms with Crippen LogP contribution in [-0.2, 0) is 9.59 Å². The van der Waals surface area contributed by atoms with Gasteiger partial charge in [0.2, 0.25) is 5.91 Å². The van der Waals surface area contributed by atoms with Crippen molar-refractivity contribution in [2.75, 3.05) is 31.5 Å². The lowest BCUT2D eigenvalue weighted by Gasteiger charge is -2.43. The number of para-hydroxylation sites is 1. The molecule has 160 valence electrons. The van der Waals surface area contributed by atoms with E-state index in [-0.39, 0.29) is 17.7 Å². The molecule has 5 heteroatoms. The van der Waals surface area contributed by atoms with Gasteiger partial charge in [-0.15, -0.1) is 0 Å². The fourth-order valence-electron chi connectivity index (χ4n) is 5.14. The van der Waals surface area contributed by atoms with Gasteiger partial charge in [-0.2, -0.15) is 0 Å². The molecule has 2 N–H and O–H groups in total. The van der Waals surface area contributed by atoms with E-state index < -0.39 is 0 Å². The van der Waals surface area contributed by atoms with E-state index in [1.54, 1.807) is 0 Å². The Bertz CT molecular complexity index is 707. The Morgan fingerprint density at radius 1 is 1.03 bits per heavy atom. The molecule has 1 heterocycles. The number of hydrogen-bond acceptors (Lipinski definition) is 2. The monoisotopic (exact) mass is 400 g/mol. The Kier molecular flexibility index (Phi) is 7.33. The van der Waals surface area contributed by atoms with E-state index in [1.807, 2.05) is 32.0 Å². The van der Waals surface area contributed by atoms with Crippen LogP contribution in [0.2, 0.25) is 0 Å². The summed E-state index contributed by atoms with van der Waals surface area (Å²) >= 11 is 0. The van der Waals surface area contributed by atoms with Crippen molar-refractivity contribution in [1.29, 1.82) is 0 Å². The third-order valence-electron chi connectivity index (χ3n) is 7.01. The van der Waals surface area contributed by atoms with E-state index >= 15 is 0 Å². The summed E-state index contributed by atoms with van der Waals surface area (Å²) in [6.07, 6.45) is 7.92. The van der Waals surface area contributed by atoms with Gasteiger partial charge in [-0.25, -0.2) is 0 Å². The first-order valence-electron chi connectivity index (χ1n) is 11.4. The number of hydrogen-bond donors (Lipinski definition) is 2. The van der Waals surface area contributed by atoms with Gasteiger partial charge in [0.1, 0.15) is 0 Å². The minimum absolute atomic E-state index is 0.0265. The standard InChI is InChI=1S/C24H37N3O2/c1-4-27(17-22(28)26-23-18(2)10-8-11-19(23)3)15-9-12-20(16-27)24(29)25-21-13-6-5-7-14-21/h8,10-11,20-21H,4-7,9,12-17H2,1-3H3,(H-,25,26,28,29)/p+1. The van der Waals surface area contributed by atoms with Crippen molar-refractivity contribution in [2.24, 2.45) is 5.92 Å². The number of nitrogens with zero attached hydrogens (tertiary/aromatic N) is 1. The predicted molar refractivity (Wildman–Crippen MR) is 118 cm³/mol. The molecule has 2 fully saturated rings. The number of aryl methyl sites for hydroxylation is 2. The van der Waals surface area contributed by atoms with E-state index in [0.29, 0.717) is 17.1 Å². The molecule has 1 saturated carbocycles. The number of carbonyl (C=O) groups excluding carboxylic acids is 2. The van der Waals surface area contributed by atoms with Crippen LogP contribution in [0.4, 0.5) is 5.69 Å². The number of quaternary nitrogens is 1. The van der Waals surface area contributed by atoms with E-state index in [2.05, 4.69) is 17.6 Å². The zero-order chi connectivity index (χ0) is 20.9. The first-order valence-corrected chi connectivity index (χ1v) is 11.4. The third-order valence-corrected chi connectivity index (χ3v) is 7.01. The van der Waals surface area contributed by atoms with Crippen LogP contribution in [0.5, 0.6) is 0 Å². The Morgan fingerprint density at radius 3 is 2.38 bits per heavy atom. The summed E-state index contributed by atoms with van der Waals surface area (Å²) in [4.78, 5) is 25.8. The number of anilines is 1. The highest BCUT2D eigenvalue weighted by atomic mass is 16.2. The zero-order valence-corrected chi connectivity index (χ0v) is 18.4. The van der Waals surface area contributed by atoms with Gasteiger partial charge < -0.3 is 15.1 Å². The van der Waals surface area contributed by atoms with Crippen LogP contribution < -0.4 is 10.6 Å². The quantitative estimate of drug-likeness (QED) is 0.711. The summed E-state index contributed by atoms with van der Waals surface area (Å²) in [6.45, 7) is 9.27. The van der Waals surface area contributed by atoms with Crippen molar-refractivity contribution in [3.05, 3.63) is 29.3 Å². The maximum absolute atomic E-state index is 12.9. The normalized spacial score (nSPS) is 25.4. The van der Waals surface area contributed by atoms with Crippen molar-refractivity contribution < 1.29 is 14.1 Å². The lowest BCUT2D eigenvalue weighted by Crippen LogP contribution is -2.59. The molecule has 1 aliphatic heterocycles. The highest BCUT2D eigenvalue weighted by Crippen LogP contribution is 2.26. The first-order chi connectivity index (χ1) is 13.9. The number of amides is 2. The molecule has 0 spiro atoms. The topological polar surface area (TPSA) is 58.2 Å². The maximum Gasteiger partial charge on any atom is 0.279 e. The molecule has 1 aliphatic carbocycles. The largest absolute Gasteiger partial charge is 0.353 e. The molecular weight excluding hydrogens is 362 g/mol. The number of likely N-dealkylation sites (N-methyl/N-ethyl adjacent to an activating group) is 1. The summed E-state index contributed by atoms with van der Waals surface area (Å²) in [5.74, 6) is 0.291. The maximum atomic E-state index is 12.9. The van der Waals surface area contributed by atoms with E-state index in [0.717, 1.165) is 62.1 Å². The number of rotatable bonds is 6. The van der Waals surface area contributed by atoms with Gasteiger partial charge >= 0.3 is 0 Å². The second kappa shape index (κ2) is 9.75. The Hall–Kier alpha value is -1.88. The molecule has 29 heavy (non-hydrogen) atoms. The SMILES string of the molecule is CC[N+]1(CC(=O)Nc2c(C)cccc2C)CCCC(C(=O)NC2CCCCC2)C1. The number of piperidine rings is 1. The fraction of sp³-hybridized carbons (Fsp3) is 0.667. The van der Waals surface area contributed by atoms with Gasteiger partial charge in [-0.1, -0.05) is 37.5 Å². The number of nitrogens with one attached hydrogen (secondary N) is 2. The number of carbonyl (C=O) groups is 2.